The fraction of sp³-hybridized carbons (Fsp3) is 0.500. The van der Waals surface area contributed by atoms with Crippen molar-refractivity contribution in [2.24, 2.45) is 5.92 Å². The third-order valence-corrected chi connectivity index (χ3v) is 6.49. The Balaban J connectivity index is 1.54. The lowest BCUT2D eigenvalue weighted by atomic mass is 9.76. The predicted octanol–water partition coefficient (Wildman–Crippen LogP) is 1.61. The van der Waals surface area contributed by atoms with Crippen LogP contribution >= 0.6 is 0 Å². The number of nitrogens with zero attached hydrogens (tertiary/aromatic N) is 3. The minimum absolute atomic E-state index is 0.145. The number of benzene rings is 1. The van der Waals surface area contributed by atoms with E-state index in [9.17, 15) is 15.0 Å². The van der Waals surface area contributed by atoms with E-state index in [1.54, 1.807) is 18.2 Å². The van der Waals surface area contributed by atoms with Gasteiger partial charge in [0.1, 0.15) is 5.75 Å². The van der Waals surface area contributed by atoms with Crippen molar-refractivity contribution >= 4 is 17.5 Å². The molecule has 2 aromatic rings. The number of ether oxygens (including phenoxy) is 1. The molecule has 3 atom stereocenters. The Kier molecular flexibility index (Phi) is 4.63. The Morgan fingerprint density at radius 1 is 1.20 bits per heavy atom. The average molecular weight is 410 g/mol. The molecule has 0 radical (unpaired) electrons. The van der Waals surface area contributed by atoms with Gasteiger partial charge in [0, 0.05) is 24.0 Å². The third-order valence-electron chi connectivity index (χ3n) is 6.49. The molecule has 1 spiro atoms. The summed E-state index contributed by atoms with van der Waals surface area (Å²) in [7, 11) is 1.60. The molecule has 3 aliphatic rings. The largest absolute Gasteiger partial charge is 0.497 e. The Hall–Kier alpha value is -2.71. The van der Waals surface area contributed by atoms with Gasteiger partial charge in [0.05, 0.1) is 37.0 Å². The second kappa shape index (κ2) is 7.21. The first kappa shape index (κ1) is 19.3. The summed E-state index contributed by atoms with van der Waals surface area (Å²) in [5.41, 5.74) is 1.13. The van der Waals surface area contributed by atoms with E-state index >= 15 is 0 Å². The molecular formula is C22H26N4O4. The second-order valence-corrected chi connectivity index (χ2v) is 8.61. The number of amides is 1. The maximum absolute atomic E-state index is 13.7. The number of rotatable bonds is 5. The fourth-order valence-electron chi connectivity index (χ4n) is 4.59. The van der Waals surface area contributed by atoms with Crippen LogP contribution in [0.4, 0.5) is 11.6 Å². The number of nitrogens with one attached hydrogen (secondary N) is 1. The van der Waals surface area contributed by atoms with Gasteiger partial charge in [-0.25, -0.2) is 9.97 Å². The molecule has 2 saturated carbocycles. The molecular weight excluding hydrogens is 384 g/mol. The maximum Gasteiger partial charge on any atom is 0.239 e. The molecule has 8 nitrogen and oxygen atoms in total. The molecule has 1 aromatic heterocycles. The number of carbonyl (C=O) groups is 1. The van der Waals surface area contributed by atoms with Gasteiger partial charge in [-0.2, -0.15) is 0 Å². The highest BCUT2D eigenvalue weighted by molar-refractivity contribution is 6.03. The lowest BCUT2D eigenvalue weighted by Crippen LogP contribution is -2.51. The second-order valence-electron chi connectivity index (χ2n) is 8.61. The van der Waals surface area contributed by atoms with Gasteiger partial charge < -0.3 is 25.2 Å². The number of carbonyl (C=O) groups excluding carboxylic acids is 1. The lowest BCUT2D eigenvalue weighted by molar-refractivity contribution is -0.125. The van der Waals surface area contributed by atoms with Gasteiger partial charge in [-0.1, -0.05) is 0 Å². The number of hydrogen-bond acceptors (Lipinski definition) is 7. The van der Waals surface area contributed by atoms with Gasteiger partial charge in [-0.15, -0.1) is 0 Å². The van der Waals surface area contributed by atoms with E-state index in [0.29, 0.717) is 29.9 Å². The molecule has 2 aliphatic carbocycles. The molecule has 2 fully saturated rings. The molecule has 0 saturated heterocycles. The predicted molar refractivity (Wildman–Crippen MR) is 110 cm³/mol. The highest BCUT2D eigenvalue weighted by atomic mass is 16.5. The Morgan fingerprint density at radius 3 is 2.53 bits per heavy atom. The van der Waals surface area contributed by atoms with Gasteiger partial charge in [-0.3, -0.25) is 4.79 Å². The van der Waals surface area contributed by atoms with Crippen LogP contribution in [0.15, 0.2) is 30.5 Å². The van der Waals surface area contributed by atoms with Gasteiger partial charge in [0.2, 0.25) is 11.9 Å². The fourth-order valence-corrected chi connectivity index (χ4v) is 4.59. The number of hydrogen-bond donors (Lipinski definition) is 3. The summed E-state index contributed by atoms with van der Waals surface area (Å²) in [5, 5.41) is 24.0. The summed E-state index contributed by atoms with van der Waals surface area (Å²) in [5.74, 6) is 1.73. The van der Waals surface area contributed by atoms with Crippen molar-refractivity contribution in [3.8, 4) is 5.75 Å². The monoisotopic (exact) mass is 410 g/mol. The van der Waals surface area contributed by atoms with Crippen molar-refractivity contribution in [2.75, 3.05) is 23.9 Å². The minimum Gasteiger partial charge on any atom is -0.497 e. The Bertz CT molecular complexity index is 950. The zero-order valence-electron chi connectivity index (χ0n) is 16.9. The molecule has 1 aliphatic heterocycles. The van der Waals surface area contributed by atoms with Gasteiger partial charge in [0.15, 0.2) is 0 Å². The molecule has 1 amide bonds. The van der Waals surface area contributed by atoms with Gasteiger partial charge in [0.25, 0.3) is 0 Å². The summed E-state index contributed by atoms with van der Waals surface area (Å²) in [6, 6.07) is 7.29. The van der Waals surface area contributed by atoms with E-state index in [4.69, 9.17) is 9.72 Å². The van der Waals surface area contributed by atoms with Crippen molar-refractivity contribution in [2.45, 2.75) is 49.9 Å². The lowest BCUT2D eigenvalue weighted by Gasteiger charge is -2.40. The minimum atomic E-state index is -1.06. The molecule has 1 aromatic carbocycles. The van der Waals surface area contributed by atoms with Crippen LogP contribution in [0.5, 0.6) is 5.75 Å². The molecule has 3 N–H and O–H groups in total. The highest BCUT2D eigenvalue weighted by Crippen LogP contribution is 2.47. The molecule has 30 heavy (non-hydrogen) atoms. The van der Waals surface area contributed by atoms with E-state index in [0.717, 1.165) is 17.8 Å². The van der Waals surface area contributed by atoms with Crippen LogP contribution in [0.3, 0.4) is 0 Å². The average Bonchev–Trinajstić information content (AvgIpc) is 3.54. The number of aromatic nitrogens is 2. The van der Waals surface area contributed by atoms with Crippen molar-refractivity contribution in [1.82, 2.24) is 9.97 Å². The standard InChI is InChI=1S/C22H26N4O4/c1-30-16-6-4-15(5-7-16)26-12-14-11-24-21(23-10-13-2-3-13)25-19(14)22(20(26)29)8-17(27)18(28)9-22/h4-7,11,13,17-18,27-28H,2-3,8-10,12H2,1H3,(H,23,24,25)/t17-,18+,22?. The zero-order chi connectivity index (χ0) is 20.9. The first-order valence-corrected chi connectivity index (χ1v) is 10.4. The van der Waals surface area contributed by atoms with Crippen molar-refractivity contribution < 1.29 is 19.7 Å². The van der Waals surface area contributed by atoms with Crippen LogP contribution in [0.1, 0.15) is 36.9 Å². The number of aliphatic hydroxyl groups is 2. The molecule has 158 valence electrons. The van der Waals surface area contributed by atoms with Gasteiger partial charge >= 0.3 is 0 Å². The van der Waals surface area contributed by atoms with Crippen molar-refractivity contribution in [1.29, 1.82) is 0 Å². The van der Waals surface area contributed by atoms with Crippen LogP contribution in [0.2, 0.25) is 0 Å². The van der Waals surface area contributed by atoms with Crippen molar-refractivity contribution in [3.63, 3.8) is 0 Å². The van der Waals surface area contributed by atoms with E-state index in [1.807, 2.05) is 24.3 Å². The van der Waals surface area contributed by atoms with E-state index in [1.165, 1.54) is 12.8 Å². The normalized spacial score (nSPS) is 28.0. The summed E-state index contributed by atoms with van der Waals surface area (Å²) >= 11 is 0. The van der Waals surface area contributed by atoms with Crippen LogP contribution in [-0.4, -0.2) is 52.0 Å². The van der Waals surface area contributed by atoms with Crippen LogP contribution < -0.4 is 15.0 Å². The SMILES string of the molecule is COc1ccc(N2Cc3cnc(NCC4CC4)nc3C3(C[C@@H](O)[C@@H](O)C3)C2=O)cc1. The Labute approximate surface area is 174 Å². The van der Waals surface area contributed by atoms with E-state index < -0.39 is 17.6 Å². The van der Waals surface area contributed by atoms with Crippen LogP contribution in [-0.2, 0) is 16.8 Å². The molecule has 1 unspecified atom stereocenters. The van der Waals surface area contributed by atoms with Crippen molar-refractivity contribution in [3.05, 3.63) is 41.7 Å². The maximum atomic E-state index is 13.7. The molecule has 2 heterocycles. The highest BCUT2D eigenvalue weighted by Gasteiger charge is 2.56. The zero-order valence-corrected chi connectivity index (χ0v) is 16.9. The molecule has 0 bridgehead atoms. The summed E-state index contributed by atoms with van der Waals surface area (Å²) in [6.45, 7) is 1.17. The van der Waals surface area contributed by atoms with Crippen LogP contribution in [0, 0.1) is 5.92 Å². The smallest absolute Gasteiger partial charge is 0.239 e. The topological polar surface area (TPSA) is 108 Å². The quantitative estimate of drug-likeness (QED) is 0.687. The van der Waals surface area contributed by atoms with E-state index in [2.05, 4.69) is 10.3 Å². The Morgan fingerprint density at radius 2 is 1.90 bits per heavy atom. The number of anilines is 2. The third kappa shape index (κ3) is 3.20. The first-order valence-electron chi connectivity index (χ1n) is 10.4. The summed E-state index contributed by atoms with van der Waals surface area (Å²) < 4.78 is 5.22. The number of aliphatic hydroxyl groups excluding tert-OH is 2. The molecule has 8 heteroatoms. The van der Waals surface area contributed by atoms with Gasteiger partial charge in [-0.05, 0) is 55.9 Å². The first-order chi connectivity index (χ1) is 14.5. The molecule has 5 rings (SSSR count). The van der Waals surface area contributed by atoms with E-state index in [-0.39, 0.29) is 18.7 Å². The summed E-state index contributed by atoms with van der Waals surface area (Å²) in [6.07, 6.45) is 2.56. The summed E-state index contributed by atoms with van der Waals surface area (Å²) in [4.78, 5) is 24.6. The van der Waals surface area contributed by atoms with Crippen LogP contribution in [0.25, 0.3) is 0 Å². The number of methoxy groups -OCH3 is 1. The number of fused-ring (bicyclic) bond motifs is 2.